The highest BCUT2D eigenvalue weighted by Gasteiger charge is 2.23. The van der Waals surface area contributed by atoms with Gasteiger partial charge in [0.15, 0.2) is 5.76 Å². The Hall–Kier alpha value is -2.97. The second-order valence-electron chi connectivity index (χ2n) is 6.24. The fraction of sp³-hybridized carbons (Fsp3) is 0.238. The molecule has 3 aromatic rings. The van der Waals surface area contributed by atoms with Gasteiger partial charge in [0, 0.05) is 24.7 Å². The minimum absolute atomic E-state index is 0.0587. The van der Waals surface area contributed by atoms with Crippen LogP contribution in [0.15, 0.2) is 70.1 Å². The third kappa shape index (κ3) is 4.72. The van der Waals surface area contributed by atoms with Gasteiger partial charge in [0.1, 0.15) is 12.3 Å². The van der Waals surface area contributed by atoms with E-state index in [9.17, 15) is 13.2 Å². The van der Waals surface area contributed by atoms with Gasteiger partial charge < -0.3 is 9.26 Å². The Balaban J connectivity index is 1.70. The summed E-state index contributed by atoms with van der Waals surface area (Å²) in [6.45, 7) is 4.15. The molecule has 0 saturated carbocycles. The molecule has 29 heavy (non-hydrogen) atoms. The highest BCUT2D eigenvalue weighted by atomic mass is 32.2. The molecule has 0 aliphatic carbocycles. The monoisotopic (exact) mass is 414 g/mol. The first kappa shape index (κ1) is 20.8. The molecule has 1 heterocycles. The van der Waals surface area contributed by atoms with Gasteiger partial charge in [-0.15, -0.1) is 0 Å². The maximum Gasteiger partial charge on any atom is 0.338 e. The summed E-state index contributed by atoms with van der Waals surface area (Å²) >= 11 is 0. The van der Waals surface area contributed by atoms with E-state index in [-0.39, 0.29) is 17.1 Å². The summed E-state index contributed by atoms with van der Waals surface area (Å²) in [7, 11) is -3.65. The van der Waals surface area contributed by atoms with Crippen molar-refractivity contribution >= 4 is 16.0 Å². The van der Waals surface area contributed by atoms with Crippen LogP contribution in [-0.4, -0.2) is 36.9 Å². The van der Waals surface area contributed by atoms with Gasteiger partial charge in [0.05, 0.1) is 10.5 Å². The van der Waals surface area contributed by atoms with E-state index in [1.165, 1.54) is 28.6 Å². The van der Waals surface area contributed by atoms with Gasteiger partial charge >= 0.3 is 5.97 Å². The van der Waals surface area contributed by atoms with Crippen LogP contribution in [-0.2, 0) is 21.4 Å². The zero-order valence-electron chi connectivity index (χ0n) is 16.2. The number of rotatable bonds is 8. The van der Waals surface area contributed by atoms with Crippen molar-refractivity contribution in [1.29, 1.82) is 0 Å². The molecule has 0 unspecified atom stereocenters. The van der Waals surface area contributed by atoms with Crippen molar-refractivity contribution in [3.63, 3.8) is 0 Å². The van der Waals surface area contributed by atoms with Crippen LogP contribution >= 0.6 is 0 Å². The summed E-state index contributed by atoms with van der Waals surface area (Å²) in [5, 5.41) is 3.91. The molecule has 8 heteroatoms. The van der Waals surface area contributed by atoms with Crippen molar-refractivity contribution in [1.82, 2.24) is 9.46 Å². The molecule has 0 aliphatic rings. The molecule has 2 aromatic carbocycles. The standard InChI is InChI=1S/C21H22N2O5S/c1-3-23(4-2)29(25,26)19-12-8-11-17(13-19)21(24)27-15-18-14-20(28-22-18)16-9-6-5-7-10-16/h5-14H,3-4,15H2,1-2H3. The van der Waals surface area contributed by atoms with E-state index in [2.05, 4.69) is 5.16 Å². The normalized spacial score (nSPS) is 11.6. The lowest BCUT2D eigenvalue weighted by atomic mass is 10.2. The molecule has 7 nitrogen and oxygen atoms in total. The molecule has 0 amide bonds. The first-order chi connectivity index (χ1) is 14.0. The summed E-state index contributed by atoms with van der Waals surface area (Å²) in [6, 6.07) is 17.0. The quantitative estimate of drug-likeness (QED) is 0.522. The molecule has 0 bridgehead atoms. The van der Waals surface area contributed by atoms with Crippen LogP contribution in [0.3, 0.4) is 0 Å². The fourth-order valence-corrected chi connectivity index (χ4v) is 4.34. The average Bonchev–Trinajstić information content (AvgIpc) is 3.22. The van der Waals surface area contributed by atoms with E-state index in [0.717, 1.165) is 5.56 Å². The first-order valence-electron chi connectivity index (χ1n) is 9.24. The van der Waals surface area contributed by atoms with Crippen molar-refractivity contribution in [2.75, 3.05) is 13.1 Å². The van der Waals surface area contributed by atoms with Gasteiger partial charge in [0.25, 0.3) is 0 Å². The summed E-state index contributed by atoms with van der Waals surface area (Å²) in [5.41, 5.74) is 1.49. The molecule has 0 saturated heterocycles. The lowest BCUT2D eigenvalue weighted by molar-refractivity contribution is 0.0464. The number of benzene rings is 2. The highest BCUT2D eigenvalue weighted by Crippen LogP contribution is 2.21. The van der Waals surface area contributed by atoms with Crippen LogP contribution < -0.4 is 0 Å². The molecule has 0 radical (unpaired) electrons. The second-order valence-corrected chi connectivity index (χ2v) is 8.18. The van der Waals surface area contributed by atoms with Crippen molar-refractivity contribution in [2.24, 2.45) is 0 Å². The minimum Gasteiger partial charge on any atom is -0.455 e. The number of sulfonamides is 1. The molecule has 0 aliphatic heterocycles. The summed E-state index contributed by atoms with van der Waals surface area (Å²) in [6.07, 6.45) is 0. The zero-order valence-corrected chi connectivity index (χ0v) is 17.1. The number of hydrogen-bond donors (Lipinski definition) is 0. The Morgan fingerprint density at radius 2 is 1.76 bits per heavy atom. The van der Waals surface area contributed by atoms with Crippen LogP contribution in [0.1, 0.15) is 29.9 Å². The zero-order chi connectivity index (χ0) is 20.9. The van der Waals surface area contributed by atoms with Gasteiger partial charge in [0.2, 0.25) is 10.0 Å². The fourth-order valence-electron chi connectivity index (χ4n) is 2.84. The maximum atomic E-state index is 12.6. The van der Waals surface area contributed by atoms with Gasteiger partial charge in [-0.25, -0.2) is 13.2 Å². The number of hydrogen-bond acceptors (Lipinski definition) is 6. The van der Waals surface area contributed by atoms with E-state index in [0.29, 0.717) is 24.5 Å². The smallest absolute Gasteiger partial charge is 0.338 e. The van der Waals surface area contributed by atoms with Gasteiger partial charge in [-0.3, -0.25) is 0 Å². The largest absolute Gasteiger partial charge is 0.455 e. The highest BCUT2D eigenvalue weighted by molar-refractivity contribution is 7.89. The Kier molecular flexibility index (Phi) is 6.46. The molecule has 1 aromatic heterocycles. The molecule has 0 atom stereocenters. The summed E-state index contributed by atoms with van der Waals surface area (Å²) in [4.78, 5) is 12.5. The van der Waals surface area contributed by atoms with Gasteiger partial charge in [-0.2, -0.15) is 4.31 Å². The van der Waals surface area contributed by atoms with Crippen molar-refractivity contribution in [3.05, 3.63) is 71.9 Å². The van der Waals surface area contributed by atoms with E-state index < -0.39 is 16.0 Å². The Morgan fingerprint density at radius 1 is 1.03 bits per heavy atom. The van der Waals surface area contributed by atoms with Crippen LogP contribution in [0, 0.1) is 0 Å². The van der Waals surface area contributed by atoms with Gasteiger partial charge in [-0.1, -0.05) is 55.4 Å². The van der Waals surface area contributed by atoms with Crippen LogP contribution in [0.2, 0.25) is 0 Å². The maximum absolute atomic E-state index is 12.6. The Morgan fingerprint density at radius 3 is 2.45 bits per heavy atom. The van der Waals surface area contributed by atoms with E-state index >= 15 is 0 Å². The van der Waals surface area contributed by atoms with E-state index in [1.807, 2.05) is 30.3 Å². The number of esters is 1. The molecule has 0 N–H and O–H groups in total. The second kappa shape index (κ2) is 9.02. The topological polar surface area (TPSA) is 89.7 Å². The number of ether oxygens (including phenoxy) is 1. The van der Waals surface area contributed by atoms with Crippen molar-refractivity contribution < 1.29 is 22.5 Å². The van der Waals surface area contributed by atoms with E-state index in [4.69, 9.17) is 9.26 Å². The lowest BCUT2D eigenvalue weighted by Crippen LogP contribution is -2.30. The molecular weight excluding hydrogens is 392 g/mol. The first-order valence-corrected chi connectivity index (χ1v) is 10.7. The molecule has 3 rings (SSSR count). The molecule has 0 fully saturated rings. The Bertz CT molecular complexity index is 1070. The van der Waals surface area contributed by atoms with Gasteiger partial charge in [-0.05, 0) is 18.2 Å². The van der Waals surface area contributed by atoms with Crippen molar-refractivity contribution in [2.45, 2.75) is 25.3 Å². The third-order valence-corrected chi connectivity index (χ3v) is 6.43. The predicted octanol–water partition coefficient (Wildman–Crippen LogP) is 3.73. The number of carbonyl (C=O) groups excluding carboxylic acids is 1. The number of aromatic nitrogens is 1. The van der Waals surface area contributed by atoms with E-state index in [1.54, 1.807) is 19.9 Å². The molecule has 152 valence electrons. The summed E-state index contributed by atoms with van der Waals surface area (Å²) in [5.74, 6) is -0.0604. The molecule has 0 spiro atoms. The number of carbonyl (C=O) groups is 1. The van der Waals surface area contributed by atoms with Crippen LogP contribution in [0.5, 0.6) is 0 Å². The van der Waals surface area contributed by atoms with Crippen LogP contribution in [0.25, 0.3) is 11.3 Å². The van der Waals surface area contributed by atoms with Crippen molar-refractivity contribution in [3.8, 4) is 11.3 Å². The third-order valence-electron chi connectivity index (χ3n) is 4.38. The minimum atomic E-state index is -3.65. The van der Waals surface area contributed by atoms with Crippen LogP contribution in [0.4, 0.5) is 0 Å². The SMILES string of the molecule is CCN(CC)S(=O)(=O)c1cccc(C(=O)OCc2cc(-c3ccccc3)on2)c1. The lowest BCUT2D eigenvalue weighted by Gasteiger charge is -2.18. The average molecular weight is 414 g/mol. The number of nitrogens with zero attached hydrogens (tertiary/aromatic N) is 2. The Labute approximate surface area is 169 Å². The molecular formula is C21H22N2O5S. The predicted molar refractivity (Wildman–Crippen MR) is 108 cm³/mol. The summed E-state index contributed by atoms with van der Waals surface area (Å²) < 4.78 is 37.2.